The van der Waals surface area contributed by atoms with Gasteiger partial charge in [0.15, 0.2) is 0 Å². The Morgan fingerprint density at radius 1 is 1.11 bits per heavy atom. The van der Waals surface area contributed by atoms with E-state index >= 15 is 0 Å². The fraction of sp³-hybridized carbons (Fsp3) is 0.429. The van der Waals surface area contributed by atoms with Gasteiger partial charge in [-0.2, -0.15) is 0 Å². The highest BCUT2D eigenvalue weighted by molar-refractivity contribution is 6.71. The predicted molar refractivity (Wildman–Crippen MR) is 76.3 cm³/mol. The molecule has 1 saturated heterocycles. The molecule has 1 fully saturated rings. The zero-order valence-corrected chi connectivity index (χ0v) is 12.3. The van der Waals surface area contributed by atoms with Crippen LogP contribution in [0.2, 0.25) is 0 Å². The first-order valence-electron chi connectivity index (χ1n) is 6.20. The van der Waals surface area contributed by atoms with Crippen molar-refractivity contribution in [3.8, 4) is 0 Å². The van der Waals surface area contributed by atoms with Gasteiger partial charge in [-0.1, -0.05) is 23.7 Å². The van der Waals surface area contributed by atoms with Crippen LogP contribution in [0, 0.1) is 5.82 Å². The third kappa shape index (κ3) is 3.02. The minimum absolute atomic E-state index is 0.274. The van der Waals surface area contributed by atoms with Gasteiger partial charge in [-0.05, 0) is 51.5 Å². The van der Waals surface area contributed by atoms with E-state index in [0.29, 0.717) is 4.93 Å². The molecular weight excluding hydrogens is 265 g/mol. The topological polar surface area (TPSA) is 18.5 Å². The summed E-state index contributed by atoms with van der Waals surface area (Å²) in [6, 6.07) is 6.09. The first kappa shape index (κ1) is 14.6. The number of hydrogen-bond donors (Lipinski definition) is 0. The standard InChI is InChI=1S/C14H17BClFO2/c1-13(2)14(3,4)19-15(18-13)12(16)9-10-5-7-11(17)8-6-10/h5-9H,1-4H3. The second-order valence-corrected chi connectivity index (χ2v) is 6.11. The van der Waals surface area contributed by atoms with Gasteiger partial charge in [0.2, 0.25) is 0 Å². The van der Waals surface area contributed by atoms with Gasteiger partial charge >= 0.3 is 7.12 Å². The fourth-order valence-corrected chi connectivity index (χ4v) is 1.96. The van der Waals surface area contributed by atoms with Crippen molar-refractivity contribution in [1.29, 1.82) is 0 Å². The van der Waals surface area contributed by atoms with E-state index in [2.05, 4.69) is 0 Å². The normalized spacial score (nSPS) is 21.8. The maximum atomic E-state index is 12.8. The van der Waals surface area contributed by atoms with Crippen LogP contribution in [0.4, 0.5) is 4.39 Å². The third-order valence-corrected chi connectivity index (χ3v) is 3.94. The average molecular weight is 283 g/mol. The Balaban J connectivity index is 2.17. The van der Waals surface area contributed by atoms with Crippen molar-refractivity contribution < 1.29 is 13.7 Å². The van der Waals surface area contributed by atoms with Crippen LogP contribution in [0.25, 0.3) is 6.08 Å². The maximum Gasteiger partial charge on any atom is 0.506 e. The minimum Gasteiger partial charge on any atom is -0.399 e. The summed E-state index contributed by atoms with van der Waals surface area (Å²) in [5.74, 6) is -0.274. The Morgan fingerprint density at radius 3 is 2.05 bits per heavy atom. The van der Waals surface area contributed by atoms with Crippen molar-refractivity contribution in [3.05, 3.63) is 40.6 Å². The van der Waals surface area contributed by atoms with Crippen LogP contribution in [0.15, 0.2) is 29.2 Å². The molecule has 2 rings (SSSR count). The second kappa shape index (κ2) is 4.93. The lowest BCUT2D eigenvalue weighted by Crippen LogP contribution is -2.41. The molecule has 0 aromatic heterocycles. The molecule has 0 amide bonds. The second-order valence-electron chi connectivity index (χ2n) is 5.67. The first-order chi connectivity index (χ1) is 8.71. The summed E-state index contributed by atoms with van der Waals surface area (Å²) in [4.78, 5) is 0.449. The number of halogens is 2. The largest absolute Gasteiger partial charge is 0.506 e. The molecular formula is C14H17BClFO2. The van der Waals surface area contributed by atoms with Gasteiger partial charge in [-0.3, -0.25) is 0 Å². The number of benzene rings is 1. The average Bonchev–Trinajstić information content (AvgIpc) is 2.51. The Kier molecular flexibility index (Phi) is 3.78. The number of hydrogen-bond acceptors (Lipinski definition) is 2. The zero-order valence-electron chi connectivity index (χ0n) is 11.5. The monoisotopic (exact) mass is 282 g/mol. The number of rotatable bonds is 2. The van der Waals surface area contributed by atoms with E-state index < -0.39 is 18.3 Å². The van der Waals surface area contributed by atoms with Gasteiger partial charge in [0.25, 0.3) is 0 Å². The lowest BCUT2D eigenvalue weighted by molar-refractivity contribution is 0.00578. The van der Waals surface area contributed by atoms with Crippen molar-refractivity contribution >= 4 is 24.8 Å². The van der Waals surface area contributed by atoms with E-state index in [-0.39, 0.29) is 5.82 Å². The van der Waals surface area contributed by atoms with Crippen molar-refractivity contribution in [1.82, 2.24) is 0 Å². The third-order valence-electron chi connectivity index (χ3n) is 3.65. The molecule has 1 heterocycles. The minimum atomic E-state index is -0.586. The van der Waals surface area contributed by atoms with Gasteiger partial charge in [-0.25, -0.2) is 4.39 Å². The van der Waals surface area contributed by atoms with Crippen LogP contribution in [0.1, 0.15) is 33.3 Å². The molecule has 102 valence electrons. The Labute approximate surface area is 118 Å². The molecule has 0 bridgehead atoms. The van der Waals surface area contributed by atoms with Crippen LogP contribution in [-0.4, -0.2) is 18.3 Å². The lowest BCUT2D eigenvalue weighted by Gasteiger charge is -2.32. The van der Waals surface area contributed by atoms with Gasteiger partial charge in [0, 0.05) is 4.93 Å². The Hall–Kier alpha value is -0.835. The van der Waals surface area contributed by atoms with Gasteiger partial charge in [0.05, 0.1) is 11.2 Å². The van der Waals surface area contributed by atoms with Crippen molar-refractivity contribution in [3.63, 3.8) is 0 Å². The Bertz CT molecular complexity index is 481. The lowest BCUT2D eigenvalue weighted by atomic mass is 9.88. The maximum absolute atomic E-state index is 12.8. The van der Waals surface area contributed by atoms with E-state index in [1.165, 1.54) is 12.1 Å². The highest BCUT2D eigenvalue weighted by Crippen LogP contribution is 2.39. The van der Waals surface area contributed by atoms with E-state index in [0.717, 1.165) is 5.56 Å². The molecule has 5 heteroatoms. The smallest absolute Gasteiger partial charge is 0.399 e. The van der Waals surface area contributed by atoms with Gasteiger partial charge in [-0.15, -0.1) is 0 Å². The molecule has 0 saturated carbocycles. The summed E-state index contributed by atoms with van der Waals surface area (Å²) in [6.07, 6.45) is 1.73. The van der Waals surface area contributed by atoms with Crippen molar-refractivity contribution in [2.24, 2.45) is 0 Å². The highest BCUT2D eigenvalue weighted by Gasteiger charge is 2.52. The van der Waals surface area contributed by atoms with Crippen LogP contribution in [0.3, 0.4) is 0 Å². The van der Waals surface area contributed by atoms with Crippen LogP contribution in [-0.2, 0) is 9.31 Å². The van der Waals surface area contributed by atoms with Gasteiger partial charge in [0.1, 0.15) is 5.82 Å². The summed E-state index contributed by atoms with van der Waals surface area (Å²) < 4.78 is 24.5. The molecule has 19 heavy (non-hydrogen) atoms. The molecule has 1 aromatic carbocycles. The summed E-state index contributed by atoms with van der Waals surface area (Å²) in [6.45, 7) is 7.87. The van der Waals surface area contributed by atoms with E-state index in [4.69, 9.17) is 20.9 Å². The quantitative estimate of drug-likeness (QED) is 0.762. The molecule has 1 aromatic rings. The molecule has 0 spiro atoms. The van der Waals surface area contributed by atoms with E-state index in [9.17, 15) is 4.39 Å². The van der Waals surface area contributed by atoms with Crippen molar-refractivity contribution in [2.45, 2.75) is 38.9 Å². The molecule has 1 aliphatic rings. The Morgan fingerprint density at radius 2 is 1.58 bits per heavy atom. The van der Waals surface area contributed by atoms with Crippen LogP contribution < -0.4 is 0 Å². The molecule has 0 N–H and O–H groups in total. The highest BCUT2D eigenvalue weighted by atomic mass is 35.5. The SMILES string of the molecule is CC1(C)OB(C(Cl)=Cc2ccc(F)cc2)OC1(C)C. The van der Waals surface area contributed by atoms with Crippen molar-refractivity contribution in [2.75, 3.05) is 0 Å². The fourth-order valence-electron chi connectivity index (χ4n) is 1.74. The molecule has 0 radical (unpaired) electrons. The van der Waals surface area contributed by atoms with Gasteiger partial charge < -0.3 is 9.31 Å². The molecule has 0 unspecified atom stereocenters. The van der Waals surface area contributed by atoms with Crippen LogP contribution >= 0.6 is 11.6 Å². The molecule has 2 nitrogen and oxygen atoms in total. The zero-order chi connectivity index (χ0) is 14.3. The summed E-state index contributed by atoms with van der Waals surface area (Å²) >= 11 is 6.23. The van der Waals surface area contributed by atoms with E-state index in [1.807, 2.05) is 27.7 Å². The summed E-state index contributed by atoms with van der Waals surface area (Å²) in [7, 11) is -0.586. The summed E-state index contributed by atoms with van der Waals surface area (Å²) in [5, 5.41) is 0. The summed E-state index contributed by atoms with van der Waals surface area (Å²) in [5.41, 5.74) is -0.0378. The molecule has 0 aliphatic carbocycles. The van der Waals surface area contributed by atoms with E-state index in [1.54, 1.807) is 18.2 Å². The molecule has 1 aliphatic heterocycles. The predicted octanol–water partition coefficient (Wildman–Crippen LogP) is 4.04. The molecule has 0 atom stereocenters. The van der Waals surface area contributed by atoms with Crippen LogP contribution in [0.5, 0.6) is 0 Å². The first-order valence-corrected chi connectivity index (χ1v) is 6.57.